The number of benzene rings is 1. The molecule has 0 aliphatic carbocycles. The maximum Gasteiger partial charge on any atom is 0.245 e. The van der Waals surface area contributed by atoms with Crippen molar-refractivity contribution in [3.05, 3.63) is 35.9 Å². The van der Waals surface area contributed by atoms with Crippen LogP contribution in [0.2, 0.25) is 0 Å². The number of carbonyl (C=O) groups is 1. The van der Waals surface area contributed by atoms with Gasteiger partial charge in [0.05, 0.1) is 6.61 Å². The van der Waals surface area contributed by atoms with Crippen molar-refractivity contribution in [3.63, 3.8) is 0 Å². The topological polar surface area (TPSA) is 32.8 Å². The molecule has 0 heterocycles. The molecule has 21 heavy (non-hydrogen) atoms. The molecule has 118 valence electrons. The minimum absolute atomic E-state index is 0.0568. The molecule has 1 unspecified atom stereocenters. The van der Waals surface area contributed by atoms with Crippen molar-refractivity contribution in [2.45, 2.75) is 11.8 Å². The molecule has 1 atom stereocenters. The fraction of sp³-hybridized carbons (Fsp3) is 0.562. The molecule has 1 amide bonds. The Labute approximate surface area is 132 Å². The Hall–Kier alpha value is -1.10. The summed E-state index contributed by atoms with van der Waals surface area (Å²) in [6.45, 7) is 2.72. The van der Waals surface area contributed by atoms with Gasteiger partial charge in [0.15, 0.2) is 0 Å². The van der Waals surface area contributed by atoms with Gasteiger partial charge in [0.2, 0.25) is 5.91 Å². The van der Waals surface area contributed by atoms with Crippen LogP contribution in [0.15, 0.2) is 30.3 Å². The summed E-state index contributed by atoms with van der Waals surface area (Å²) >= 11 is 6.33. The van der Waals surface area contributed by atoms with Gasteiger partial charge in [0.25, 0.3) is 0 Å². The lowest BCUT2D eigenvalue weighted by Gasteiger charge is -2.25. The first-order valence-corrected chi connectivity index (χ1v) is 7.61. The Morgan fingerprint density at radius 1 is 1.19 bits per heavy atom. The minimum atomic E-state index is -0.637. The first kappa shape index (κ1) is 18.0. The molecule has 1 aromatic carbocycles. The summed E-state index contributed by atoms with van der Waals surface area (Å²) in [5.41, 5.74) is 0.833. The van der Waals surface area contributed by atoms with Crippen LogP contribution in [0.5, 0.6) is 0 Å². The van der Waals surface area contributed by atoms with E-state index in [2.05, 4.69) is 4.90 Å². The van der Waals surface area contributed by atoms with E-state index in [9.17, 15) is 4.79 Å². The minimum Gasteiger partial charge on any atom is -0.383 e. The summed E-state index contributed by atoms with van der Waals surface area (Å²) in [5.74, 6) is -0.0568. The average molecular weight is 313 g/mol. The molecular weight excluding hydrogens is 288 g/mol. The van der Waals surface area contributed by atoms with E-state index in [4.69, 9.17) is 16.3 Å². The van der Waals surface area contributed by atoms with Gasteiger partial charge in [0.1, 0.15) is 5.38 Å². The summed E-state index contributed by atoms with van der Waals surface area (Å²) < 4.78 is 5.09. The molecule has 0 N–H and O–H groups in total. The Kier molecular flexibility index (Phi) is 8.35. The van der Waals surface area contributed by atoms with Crippen LogP contribution < -0.4 is 0 Å². The van der Waals surface area contributed by atoms with Gasteiger partial charge in [0, 0.05) is 20.2 Å². The lowest BCUT2D eigenvalue weighted by molar-refractivity contribution is -0.131. The van der Waals surface area contributed by atoms with Gasteiger partial charge in [-0.25, -0.2) is 0 Å². The molecule has 0 bridgehead atoms. The average Bonchev–Trinajstić information content (AvgIpc) is 2.49. The monoisotopic (exact) mass is 312 g/mol. The van der Waals surface area contributed by atoms with Crippen LogP contribution >= 0.6 is 11.6 Å². The van der Waals surface area contributed by atoms with Crippen LogP contribution in [-0.2, 0) is 9.53 Å². The number of carbonyl (C=O) groups excluding carboxylic acids is 1. The number of alkyl halides is 1. The van der Waals surface area contributed by atoms with E-state index in [1.54, 1.807) is 12.0 Å². The molecular formula is C16H25ClN2O2. The smallest absolute Gasteiger partial charge is 0.245 e. The highest BCUT2D eigenvalue weighted by atomic mass is 35.5. The molecule has 0 aromatic heterocycles. The van der Waals surface area contributed by atoms with Gasteiger partial charge >= 0.3 is 0 Å². The predicted molar refractivity (Wildman–Crippen MR) is 86.7 cm³/mol. The number of amides is 1. The van der Waals surface area contributed by atoms with Gasteiger partial charge < -0.3 is 14.5 Å². The molecule has 5 heteroatoms. The Balaban J connectivity index is 2.65. The highest BCUT2D eigenvalue weighted by Crippen LogP contribution is 2.22. The first-order valence-electron chi connectivity index (χ1n) is 7.17. The number of hydrogen-bond donors (Lipinski definition) is 0. The van der Waals surface area contributed by atoms with E-state index in [1.165, 1.54) is 0 Å². The van der Waals surface area contributed by atoms with E-state index < -0.39 is 5.38 Å². The molecule has 4 nitrogen and oxygen atoms in total. The van der Waals surface area contributed by atoms with E-state index in [0.29, 0.717) is 19.7 Å². The van der Waals surface area contributed by atoms with Crippen molar-refractivity contribution in [3.8, 4) is 0 Å². The molecule has 0 aliphatic heterocycles. The first-order chi connectivity index (χ1) is 10.1. The van der Waals surface area contributed by atoms with Crippen molar-refractivity contribution in [2.24, 2.45) is 0 Å². The molecule has 0 saturated heterocycles. The standard InChI is InChI=1S/C16H25ClN2O2/c1-18(2)10-7-11-19(12-13-21-3)16(20)15(17)14-8-5-4-6-9-14/h4-6,8-9,15H,7,10-13H2,1-3H3. The van der Waals surface area contributed by atoms with Gasteiger partial charge in [-0.1, -0.05) is 30.3 Å². The molecule has 0 radical (unpaired) electrons. The summed E-state index contributed by atoms with van der Waals surface area (Å²) in [7, 11) is 5.68. The van der Waals surface area contributed by atoms with Crippen molar-refractivity contribution in [1.29, 1.82) is 0 Å². The lowest BCUT2D eigenvalue weighted by Crippen LogP contribution is -2.37. The SMILES string of the molecule is COCCN(CCCN(C)C)C(=O)C(Cl)c1ccccc1. The highest BCUT2D eigenvalue weighted by Gasteiger charge is 2.23. The number of methoxy groups -OCH3 is 1. The number of ether oxygens (including phenoxy) is 1. The van der Waals surface area contributed by atoms with Crippen LogP contribution in [0.25, 0.3) is 0 Å². The van der Waals surface area contributed by atoms with Crippen LogP contribution in [0.1, 0.15) is 17.4 Å². The number of nitrogens with zero attached hydrogens (tertiary/aromatic N) is 2. The van der Waals surface area contributed by atoms with Gasteiger partial charge in [-0.05, 0) is 32.6 Å². The van der Waals surface area contributed by atoms with Crippen molar-refractivity contribution in [1.82, 2.24) is 9.80 Å². The number of halogens is 1. The molecule has 0 aliphatic rings. The van der Waals surface area contributed by atoms with Gasteiger partial charge in [-0.15, -0.1) is 11.6 Å². The van der Waals surface area contributed by atoms with Gasteiger partial charge in [-0.3, -0.25) is 4.79 Å². The van der Waals surface area contributed by atoms with E-state index in [0.717, 1.165) is 18.5 Å². The Bertz CT molecular complexity index is 412. The van der Waals surface area contributed by atoms with Crippen molar-refractivity contribution in [2.75, 3.05) is 47.4 Å². The van der Waals surface area contributed by atoms with E-state index >= 15 is 0 Å². The summed E-state index contributed by atoms with van der Waals surface area (Å²) in [4.78, 5) is 16.4. The summed E-state index contributed by atoms with van der Waals surface area (Å²) in [6, 6.07) is 9.46. The fourth-order valence-electron chi connectivity index (χ4n) is 2.04. The van der Waals surface area contributed by atoms with Crippen molar-refractivity contribution < 1.29 is 9.53 Å². The summed E-state index contributed by atoms with van der Waals surface area (Å²) in [5, 5.41) is -0.637. The molecule has 0 spiro atoms. The maximum atomic E-state index is 12.6. The molecule has 0 fully saturated rings. The van der Waals surface area contributed by atoms with Crippen LogP contribution in [0, 0.1) is 0 Å². The normalized spacial score (nSPS) is 12.4. The Morgan fingerprint density at radius 3 is 2.43 bits per heavy atom. The summed E-state index contributed by atoms with van der Waals surface area (Å²) in [6.07, 6.45) is 0.918. The second-order valence-electron chi connectivity index (χ2n) is 5.25. The lowest BCUT2D eigenvalue weighted by atomic mass is 10.1. The van der Waals surface area contributed by atoms with E-state index in [1.807, 2.05) is 44.4 Å². The molecule has 1 aromatic rings. The maximum absolute atomic E-state index is 12.6. The fourth-order valence-corrected chi connectivity index (χ4v) is 2.32. The third-order valence-corrected chi connectivity index (χ3v) is 3.66. The highest BCUT2D eigenvalue weighted by molar-refractivity contribution is 6.30. The Morgan fingerprint density at radius 2 is 1.86 bits per heavy atom. The third kappa shape index (κ3) is 6.46. The second-order valence-corrected chi connectivity index (χ2v) is 5.68. The largest absolute Gasteiger partial charge is 0.383 e. The van der Waals surface area contributed by atoms with E-state index in [-0.39, 0.29) is 5.91 Å². The number of rotatable bonds is 9. The predicted octanol–water partition coefficient (Wildman–Crippen LogP) is 2.39. The zero-order valence-electron chi connectivity index (χ0n) is 13.1. The quantitative estimate of drug-likeness (QED) is 0.656. The molecule has 1 rings (SSSR count). The third-order valence-electron chi connectivity index (χ3n) is 3.22. The van der Waals surface area contributed by atoms with Crippen LogP contribution in [-0.4, -0.2) is 63.2 Å². The second kappa shape index (κ2) is 9.77. The zero-order valence-corrected chi connectivity index (χ0v) is 13.8. The van der Waals surface area contributed by atoms with Gasteiger partial charge in [-0.2, -0.15) is 0 Å². The van der Waals surface area contributed by atoms with Crippen molar-refractivity contribution >= 4 is 17.5 Å². The van der Waals surface area contributed by atoms with Crippen LogP contribution in [0.4, 0.5) is 0 Å². The molecule has 0 saturated carbocycles. The zero-order chi connectivity index (χ0) is 15.7. The number of hydrogen-bond acceptors (Lipinski definition) is 3. The van der Waals surface area contributed by atoms with Crippen LogP contribution in [0.3, 0.4) is 0 Å².